The van der Waals surface area contributed by atoms with Gasteiger partial charge in [-0.3, -0.25) is 14.3 Å². The second kappa shape index (κ2) is 4.73. The van der Waals surface area contributed by atoms with Crippen LogP contribution in [-0.2, 0) is 0 Å². The van der Waals surface area contributed by atoms with Gasteiger partial charge in [-0.25, -0.2) is 4.79 Å². The zero-order valence-corrected chi connectivity index (χ0v) is 11.3. The molecule has 2 atom stereocenters. The Morgan fingerprint density at radius 1 is 1.20 bits per heavy atom. The van der Waals surface area contributed by atoms with E-state index in [4.69, 9.17) is 0 Å². The third-order valence-corrected chi connectivity index (χ3v) is 4.74. The van der Waals surface area contributed by atoms with Crippen molar-refractivity contribution in [3.8, 4) is 5.88 Å². The second-order valence-corrected chi connectivity index (χ2v) is 5.80. The van der Waals surface area contributed by atoms with E-state index in [0.29, 0.717) is 24.9 Å². The molecule has 0 radical (unpaired) electrons. The molecule has 2 aliphatic rings. The van der Waals surface area contributed by atoms with E-state index >= 15 is 0 Å². The molecule has 20 heavy (non-hydrogen) atoms. The molecule has 2 aliphatic heterocycles. The summed E-state index contributed by atoms with van der Waals surface area (Å²) < 4.78 is 14.5. The molecule has 3 heterocycles. The Morgan fingerprint density at radius 3 is 2.40 bits per heavy atom. The van der Waals surface area contributed by atoms with Crippen LogP contribution in [0, 0.1) is 5.82 Å². The summed E-state index contributed by atoms with van der Waals surface area (Å²) in [5.74, 6) is -2.12. The van der Waals surface area contributed by atoms with Crippen LogP contribution in [0.15, 0.2) is 9.59 Å². The van der Waals surface area contributed by atoms with E-state index in [-0.39, 0.29) is 6.04 Å². The minimum Gasteiger partial charge on any atom is -0.492 e. The van der Waals surface area contributed by atoms with Crippen LogP contribution in [0.4, 0.5) is 4.39 Å². The van der Waals surface area contributed by atoms with Crippen LogP contribution < -0.4 is 11.2 Å². The van der Waals surface area contributed by atoms with Gasteiger partial charge in [0.25, 0.3) is 5.56 Å². The predicted molar refractivity (Wildman–Crippen MR) is 70.4 cm³/mol. The average molecular weight is 283 g/mol. The number of aromatic hydroxyl groups is 1. The van der Waals surface area contributed by atoms with Crippen molar-refractivity contribution < 1.29 is 9.50 Å². The molecular formula is C13H18FN3O3. The molecule has 1 aromatic rings. The zero-order valence-electron chi connectivity index (χ0n) is 11.3. The first-order valence-electron chi connectivity index (χ1n) is 6.94. The fourth-order valence-corrected chi connectivity index (χ4v) is 3.65. The Bertz CT molecular complexity index is 625. The van der Waals surface area contributed by atoms with E-state index in [9.17, 15) is 19.1 Å². The normalized spacial score (nSPS) is 30.4. The molecule has 2 unspecified atom stereocenters. The lowest BCUT2D eigenvalue weighted by Crippen LogP contribution is -2.51. The molecular weight excluding hydrogens is 265 g/mol. The van der Waals surface area contributed by atoms with Gasteiger partial charge in [-0.05, 0) is 32.7 Å². The first kappa shape index (κ1) is 13.4. The highest BCUT2D eigenvalue weighted by atomic mass is 19.1. The lowest BCUT2D eigenvalue weighted by molar-refractivity contribution is 0.0363. The van der Waals surface area contributed by atoms with Crippen molar-refractivity contribution >= 4 is 0 Å². The summed E-state index contributed by atoms with van der Waals surface area (Å²) in [6.07, 6.45) is 4.63. The molecule has 0 spiro atoms. The van der Waals surface area contributed by atoms with Gasteiger partial charge in [0.2, 0.25) is 11.7 Å². The standard InChI is InChI=1S/C13H18FN3O3/c1-16-7-3-2-4-8(16)6-9(5-7)17-12(19)10(14)11(18)15-13(17)20/h7-9,19H,2-6H2,1H3,(H,15,18,20). The van der Waals surface area contributed by atoms with E-state index in [2.05, 4.69) is 11.9 Å². The van der Waals surface area contributed by atoms with Gasteiger partial charge < -0.3 is 10.0 Å². The van der Waals surface area contributed by atoms with Crippen LogP contribution in [0.5, 0.6) is 5.88 Å². The van der Waals surface area contributed by atoms with Crippen molar-refractivity contribution in [2.75, 3.05) is 7.05 Å². The third-order valence-electron chi connectivity index (χ3n) is 4.74. The molecule has 0 aliphatic carbocycles. The number of hydrogen-bond donors (Lipinski definition) is 2. The quantitative estimate of drug-likeness (QED) is 0.790. The topological polar surface area (TPSA) is 78.3 Å². The second-order valence-electron chi connectivity index (χ2n) is 5.80. The Kier molecular flexibility index (Phi) is 3.16. The number of fused-ring (bicyclic) bond motifs is 2. The Labute approximate surface area is 114 Å². The summed E-state index contributed by atoms with van der Waals surface area (Å²) in [7, 11) is 2.07. The minimum absolute atomic E-state index is 0.264. The van der Waals surface area contributed by atoms with E-state index in [1.807, 2.05) is 4.98 Å². The number of aromatic amines is 1. The molecule has 1 aromatic heterocycles. The Morgan fingerprint density at radius 2 is 1.80 bits per heavy atom. The Hall–Kier alpha value is -1.63. The Balaban J connectivity index is 2.01. The van der Waals surface area contributed by atoms with Gasteiger partial charge in [0.05, 0.1) is 0 Å². The molecule has 6 nitrogen and oxygen atoms in total. The average Bonchev–Trinajstić information content (AvgIpc) is 2.37. The molecule has 2 fully saturated rings. The lowest BCUT2D eigenvalue weighted by Gasteiger charge is -2.47. The summed E-state index contributed by atoms with van der Waals surface area (Å²) in [5, 5.41) is 9.79. The number of piperidine rings is 2. The van der Waals surface area contributed by atoms with Crippen molar-refractivity contribution in [3.05, 3.63) is 26.7 Å². The molecule has 2 N–H and O–H groups in total. The van der Waals surface area contributed by atoms with Crippen LogP contribution in [0.2, 0.25) is 0 Å². The SMILES string of the molecule is CN1C2CCCC1CC(n1c(O)c(F)c(=O)[nH]c1=O)C2. The largest absolute Gasteiger partial charge is 0.492 e. The van der Waals surface area contributed by atoms with Crippen molar-refractivity contribution in [1.82, 2.24) is 14.5 Å². The maximum Gasteiger partial charge on any atom is 0.331 e. The van der Waals surface area contributed by atoms with Crippen LogP contribution in [-0.4, -0.2) is 38.7 Å². The first-order chi connectivity index (χ1) is 9.49. The van der Waals surface area contributed by atoms with Crippen LogP contribution in [0.25, 0.3) is 0 Å². The van der Waals surface area contributed by atoms with E-state index in [0.717, 1.165) is 23.8 Å². The molecule has 0 saturated carbocycles. The summed E-state index contributed by atoms with van der Waals surface area (Å²) in [6.45, 7) is 0. The number of rotatable bonds is 1. The maximum atomic E-state index is 13.5. The predicted octanol–water partition coefficient (Wildman–Crippen LogP) is 0.569. The maximum absolute atomic E-state index is 13.5. The summed E-state index contributed by atoms with van der Waals surface area (Å²) in [4.78, 5) is 27.2. The van der Waals surface area contributed by atoms with E-state index in [1.165, 1.54) is 0 Å². The highest BCUT2D eigenvalue weighted by molar-refractivity contribution is 5.12. The number of halogens is 1. The zero-order chi connectivity index (χ0) is 14.4. The first-order valence-corrected chi connectivity index (χ1v) is 6.94. The minimum atomic E-state index is -1.28. The molecule has 7 heteroatoms. The number of hydrogen-bond acceptors (Lipinski definition) is 4. The summed E-state index contributed by atoms with van der Waals surface area (Å²) in [5.41, 5.74) is -1.90. The molecule has 110 valence electrons. The monoisotopic (exact) mass is 283 g/mol. The summed E-state index contributed by atoms with van der Waals surface area (Å²) in [6, 6.07) is 0.419. The van der Waals surface area contributed by atoms with Gasteiger partial charge in [-0.1, -0.05) is 6.42 Å². The van der Waals surface area contributed by atoms with Crippen molar-refractivity contribution in [3.63, 3.8) is 0 Å². The number of nitrogens with zero attached hydrogens (tertiary/aromatic N) is 2. The van der Waals surface area contributed by atoms with Gasteiger partial charge in [-0.2, -0.15) is 4.39 Å². The highest BCUT2D eigenvalue weighted by Crippen LogP contribution is 2.38. The third kappa shape index (κ3) is 1.96. The molecule has 2 bridgehead atoms. The molecule has 3 rings (SSSR count). The fraction of sp³-hybridized carbons (Fsp3) is 0.692. The molecule has 0 amide bonds. The number of H-pyrrole nitrogens is 1. The van der Waals surface area contributed by atoms with Gasteiger partial charge in [-0.15, -0.1) is 0 Å². The fourth-order valence-electron chi connectivity index (χ4n) is 3.65. The van der Waals surface area contributed by atoms with Gasteiger partial charge >= 0.3 is 5.69 Å². The smallest absolute Gasteiger partial charge is 0.331 e. The van der Waals surface area contributed by atoms with E-state index < -0.39 is 22.9 Å². The number of nitrogens with one attached hydrogen (secondary N) is 1. The van der Waals surface area contributed by atoms with Crippen molar-refractivity contribution in [2.24, 2.45) is 0 Å². The van der Waals surface area contributed by atoms with Crippen LogP contribution >= 0.6 is 0 Å². The van der Waals surface area contributed by atoms with Crippen molar-refractivity contribution in [1.29, 1.82) is 0 Å². The van der Waals surface area contributed by atoms with Crippen molar-refractivity contribution in [2.45, 2.75) is 50.2 Å². The van der Waals surface area contributed by atoms with Gasteiger partial charge in [0.1, 0.15) is 0 Å². The van der Waals surface area contributed by atoms with Gasteiger partial charge in [0.15, 0.2) is 0 Å². The summed E-state index contributed by atoms with van der Waals surface area (Å²) >= 11 is 0. The van der Waals surface area contributed by atoms with Gasteiger partial charge in [0, 0.05) is 18.1 Å². The molecule has 0 aromatic carbocycles. The van der Waals surface area contributed by atoms with E-state index in [1.54, 1.807) is 0 Å². The van der Waals surface area contributed by atoms with Crippen LogP contribution in [0.3, 0.4) is 0 Å². The number of aromatic nitrogens is 2. The van der Waals surface area contributed by atoms with Crippen LogP contribution in [0.1, 0.15) is 38.1 Å². The highest BCUT2D eigenvalue weighted by Gasteiger charge is 2.38. The molecule has 2 saturated heterocycles. The lowest BCUT2D eigenvalue weighted by atomic mass is 9.82.